The molecule has 2 atom stereocenters. The fourth-order valence-corrected chi connectivity index (χ4v) is 4.35. The highest BCUT2D eigenvalue weighted by molar-refractivity contribution is 7.89. The van der Waals surface area contributed by atoms with E-state index in [0.29, 0.717) is 17.9 Å². The quantitative estimate of drug-likeness (QED) is 0.823. The van der Waals surface area contributed by atoms with Gasteiger partial charge in [0.1, 0.15) is 11.4 Å². The third-order valence-electron chi connectivity index (χ3n) is 4.32. The minimum absolute atomic E-state index is 0.0717. The Morgan fingerprint density at radius 3 is 2.62 bits per heavy atom. The van der Waals surface area contributed by atoms with Crippen molar-refractivity contribution in [3.63, 3.8) is 0 Å². The third-order valence-corrected chi connectivity index (χ3v) is 6.16. The molecule has 1 aliphatic heterocycles. The largest absolute Gasteiger partial charge is 0.390 e. The lowest BCUT2D eigenvalue weighted by Gasteiger charge is -2.25. The number of likely N-dealkylation sites (N-methyl/N-ethyl adjacent to an activating group) is 1. The summed E-state index contributed by atoms with van der Waals surface area (Å²) in [7, 11) is -1.79. The Morgan fingerprint density at radius 1 is 1.29 bits per heavy atom. The van der Waals surface area contributed by atoms with Gasteiger partial charge in [0, 0.05) is 19.6 Å². The van der Waals surface area contributed by atoms with Gasteiger partial charge in [-0.2, -0.15) is 4.31 Å². The van der Waals surface area contributed by atoms with Crippen LogP contribution in [0.25, 0.3) is 0 Å². The lowest BCUT2D eigenvalue weighted by molar-refractivity contribution is 0.0938. The first-order valence-corrected chi connectivity index (χ1v) is 9.05. The molecule has 130 valence electrons. The van der Waals surface area contributed by atoms with Gasteiger partial charge in [-0.3, -0.25) is 4.90 Å². The van der Waals surface area contributed by atoms with Gasteiger partial charge in [0.05, 0.1) is 17.0 Å². The maximum atomic E-state index is 12.7. The van der Waals surface area contributed by atoms with Crippen molar-refractivity contribution in [3.8, 4) is 0 Å². The SMILES string of the molecule is Cc1nonc1CN(C)[C@H]1CN(S(=O)(=O)c2ccccc2)C[C@@H]1O. The van der Waals surface area contributed by atoms with Gasteiger partial charge in [0.15, 0.2) is 0 Å². The first-order chi connectivity index (χ1) is 11.4. The summed E-state index contributed by atoms with van der Waals surface area (Å²) < 4.78 is 31.4. The number of nitrogens with zero attached hydrogens (tertiary/aromatic N) is 4. The van der Waals surface area contributed by atoms with E-state index < -0.39 is 16.1 Å². The summed E-state index contributed by atoms with van der Waals surface area (Å²) in [5.41, 5.74) is 1.36. The number of sulfonamides is 1. The molecule has 9 heteroatoms. The maximum absolute atomic E-state index is 12.7. The standard InChI is InChI=1S/C15H20N4O4S/c1-11-13(17-23-16-11)8-18(2)14-9-19(10-15(14)20)24(21,22)12-6-4-3-5-7-12/h3-7,14-15,20H,8-10H2,1-2H3/t14-,15-/m0/s1. The summed E-state index contributed by atoms with van der Waals surface area (Å²) in [4.78, 5) is 2.11. The number of rotatable bonds is 5. The number of benzene rings is 1. The molecule has 0 bridgehead atoms. The Hall–Kier alpha value is -1.81. The van der Waals surface area contributed by atoms with Crippen molar-refractivity contribution >= 4 is 10.0 Å². The van der Waals surface area contributed by atoms with Gasteiger partial charge in [-0.05, 0) is 26.1 Å². The van der Waals surface area contributed by atoms with Crippen molar-refractivity contribution in [3.05, 3.63) is 41.7 Å². The smallest absolute Gasteiger partial charge is 0.243 e. The predicted molar refractivity (Wildman–Crippen MR) is 85.5 cm³/mol. The van der Waals surface area contributed by atoms with Crippen molar-refractivity contribution in [1.29, 1.82) is 0 Å². The Morgan fingerprint density at radius 2 is 2.00 bits per heavy atom. The molecule has 1 aliphatic rings. The second kappa shape index (κ2) is 6.60. The zero-order chi connectivity index (χ0) is 17.3. The van der Waals surface area contributed by atoms with E-state index in [4.69, 9.17) is 0 Å². The minimum Gasteiger partial charge on any atom is -0.390 e. The highest BCUT2D eigenvalue weighted by atomic mass is 32.2. The van der Waals surface area contributed by atoms with Crippen LogP contribution in [-0.2, 0) is 16.6 Å². The Balaban J connectivity index is 1.74. The van der Waals surface area contributed by atoms with Crippen LogP contribution in [0.2, 0.25) is 0 Å². The molecule has 8 nitrogen and oxygen atoms in total. The molecule has 0 amide bonds. The van der Waals surface area contributed by atoms with E-state index in [1.165, 1.54) is 4.31 Å². The molecule has 24 heavy (non-hydrogen) atoms. The van der Waals surface area contributed by atoms with E-state index in [0.717, 1.165) is 0 Å². The molecule has 3 rings (SSSR count). The van der Waals surface area contributed by atoms with Gasteiger partial charge >= 0.3 is 0 Å². The van der Waals surface area contributed by atoms with Gasteiger partial charge in [0.25, 0.3) is 0 Å². The van der Waals surface area contributed by atoms with E-state index in [-0.39, 0.29) is 24.0 Å². The Kier molecular flexibility index (Phi) is 4.68. The molecule has 1 fully saturated rings. The molecule has 0 spiro atoms. The van der Waals surface area contributed by atoms with Crippen LogP contribution in [0.15, 0.2) is 39.9 Å². The summed E-state index contributed by atoms with van der Waals surface area (Å²) in [5.74, 6) is 0. The zero-order valence-corrected chi connectivity index (χ0v) is 14.3. The molecule has 0 unspecified atom stereocenters. The van der Waals surface area contributed by atoms with Crippen LogP contribution in [0.3, 0.4) is 0 Å². The van der Waals surface area contributed by atoms with Crippen molar-refractivity contribution < 1.29 is 18.2 Å². The number of hydrogen-bond acceptors (Lipinski definition) is 7. The molecule has 2 aromatic rings. The van der Waals surface area contributed by atoms with Gasteiger partial charge in [-0.15, -0.1) is 0 Å². The Labute approximate surface area is 140 Å². The van der Waals surface area contributed by atoms with Crippen molar-refractivity contribution in [2.75, 3.05) is 20.1 Å². The lowest BCUT2D eigenvalue weighted by Crippen LogP contribution is -2.40. The first-order valence-electron chi connectivity index (χ1n) is 7.61. The van der Waals surface area contributed by atoms with E-state index >= 15 is 0 Å². The molecular weight excluding hydrogens is 332 g/mol. The van der Waals surface area contributed by atoms with Gasteiger partial charge in [0.2, 0.25) is 10.0 Å². The fourth-order valence-electron chi connectivity index (χ4n) is 2.85. The second-order valence-corrected chi connectivity index (χ2v) is 7.92. The van der Waals surface area contributed by atoms with Crippen LogP contribution in [0.4, 0.5) is 0 Å². The third kappa shape index (κ3) is 3.20. The monoisotopic (exact) mass is 352 g/mol. The van der Waals surface area contributed by atoms with Crippen LogP contribution in [-0.4, -0.2) is 65.3 Å². The average Bonchev–Trinajstić information content (AvgIpc) is 3.15. The highest BCUT2D eigenvalue weighted by Gasteiger charge is 2.40. The average molecular weight is 352 g/mol. The van der Waals surface area contributed by atoms with E-state index in [1.54, 1.807) is 37.3 Å². The topological polar surface area (TPSA) is 99.8 Å². The van der Waals surface area contributed by atoms with Crippen LogP contribution in [0, 0.1) is 6.92 Å². The number of hydrogen-bond donors (Lipinski definition) is 1. The molecule has 1 aromatic carbocycles. The number of aliphatic hydroxyl groups excluding tert-OH is 1. The van der Waals surface area contributed by atoms with E-state index in [9.17, 15) is 13.5 Å². The zero-order valence-electron chi connectivity index (χ0n) is 13.5. The lowest BCUT2D eigenvalue weighted by atomic mass is 10.2. The van der Waals surface area contributed by atoms with Crippen molar-refractivity contribution in [1.82, 2.24) is 19.5 Å². The molecule has 1 saturated heterocycles. The van der Waals surface area contributed by atoms with Crippen LogP contribution < -0.4 is 0 Å². The molecule has 2 heterocycles. The summed E-state index contributed by atoms with van der Waals surface area (Å²) in [6, 6.07) is 7.93. The summed E-state index contributed by atoms with van der Waals surface area (Å²) in [6.07, 6.45) is -0.770. The highest BCUT2D eigenvalue weighted by Crippen LogP contribution is 2.24. The van der Waals surface area contributed by atoms with Crippen molar-refractivity contribution in [2.24, 2.45) is 0 Å². The normalized spacial score (nSPS) is 22.3. The van der Waals surface area contributed by atoms with Crippen molar-refractivity contribution in [2.45, 2.75) is 30.5 Å². The number of aryl methyl sites for hydroxylation is 1. The summed E-state index contributed by atoms with van der Waals surface area (Å²) in [5, 5.41) is 17.9. The maximum Gasteiger partial charge on any atom is 0.243 e. The molecule has 1 N–H and O–H groups in total. The van der Waals surface area contributed by atoms with Crippen LogP contribution in [0.5, 0.6) is 0 Å². The molecular formula is C15H20N4O4S. The van der Waals surface area contributed by atoms with Gasteiger partial charge in [-0.25, -0.2) is 13.0 Å². The second-order valence-electron chi connectivity index (χ2n) is 5.98. The fraction of sp³-hybridized carbons (Fsp3) is 0.467. The first kappa shape index (κ1) is 17.0. The minimum atomic E-state index is -3.61. The number of aromatic nitrogens is 2. The molecule has 1 aromatic heterocycles. The van der Waals surface area contributed by atoms with Crippen LogP contribution in [0.1, 0.15) is 11.4 Å². The number of aliphatic hydroxyl groups is 1. The van der Waals surface area contributed by atoms with E-state index in [2.05, 4.69) is 14.9 Å². The predicted octanol–water partition coefficient (Wildman–Crippen LogP) is 0.244. The van der Waals surface area contributed by atoms with E-state index in [1.807, 2.05) is 11.9 Å². The molecule has 0 aliphatic carbocycles. The summed E-state index contributed by atoms with van der Waals surface area (Å²) in [6.45, 7) is 2.51. The van der Waals surface area contributed by atoms with Gasteiger partial charge < -0.3 is 5.11 Å². The number of β-amino-alcohol motifs (C(OH)–C–C–N with tert-alkyl or cyclic N) is 1. The van der Waals surface area contributed by atoms with Crippen LogP contribution >= 0.6 is 0 Å². The molecule has 0 saturated carbocycles. The molecule has 0 radical (unpaired) electrons. The summed E-state index contributed by atoms with van der Waals surface area (Å²) >= 11 is 0. The van der Waals surface area contributed by atoms with Gasteiger partial charge in [-0.1, -0.05) is 28.5 Å². The Bertz CT molecular complexity index is 793.